The first-order valence-electron chi connectivity index (χ1n) is 6.38. The monoisotopic (exact) mass is 271 g/mol. The van der Waals surface area contributed by atoms with E-state index >= 15 is 0 Å². The summed E-state index contributed by atoms with van der Waals surface area (Å²) in [4.78, 5) is 4.14. The van der Waals surface area contributed by atoms with Crippen molar-refractivity contribution in [1.29, 1.82) is 0 Å². The topological polar surface area (TPSA) is 78.0 Å². The maximum atomic E-state index is 11.7. The van der Waals surface area contributed by atoms with Gasteiger partial charge in [0.15, 0.2) is 9.84 Å². The van der Waals surface area contributed by atoms with E-state index in [0.717, 1.165) is 18.5 Å². The summed E-state index contributed by atoms with van der Waals surface area (Å²) in [6.07, 6.45) is 5.07. The van der Waals surface area contributed by atoms with Gasteiger partial charge in [-0.1, -0.05) is 13.8 Å². The number of hydrogen-bond donors (Lipinski definition) is 1. The molecule has 102 valence electrons. The lowest BCUT2D eigenvalue weighted by molar-refractivity contribution is 0.421. The minimum absolute atomic E-state index is 0.00829. The van der Waals surface area contributed by atoms with Crippen LogP contribution in [0.1, 0.15) is 44.5 Å². The maximum absolute atomic E-state index is 11.7. The van der Waals surface area contributed by atoms with E-state index in [2.05, 4.69) is 18.8 Å². The summed E-state index contributed by atoms with van der Waals surface area (Å²) < 4.78 is 25.4. The summed E-state index contributed by atoms with van der Waals surface area (Å²) in [5.74, 6) is 0.825. The molecule has 0 aromatic carbocycles. The lowest BCUT2D eigenvalue weighted by Gasteiger charge is -2.27. The molecule has 5 nitrogen and oxygen atoms in total. The second kappa shape index (κ2) is 5.01. The van der Waals surface area contributed by atoms with E-state index in [-0.39, 0.29) is 17.8 Å². The number of aromatic nitrogens is 2. The third-order valence-corrected chi connectivity index (χ3v) is 5.39. The van der Waals surface area contributed by atoms with Gasteiger partial charge in [0.1, 0.15) is 0 Å². The molecule has 2 heterocycles. The van der Waals surface area contributed by atoms with Crippen molar-refractivity contribution in [2.45, 2.75) is 38.8 Å². The molecule has 1 aliphatic rings. The Hall–Kier alpha value is -0.880. The van der Waals surface area contributed by atoms with Crippen LogP contribution in [-0.4, -0.2) is 29.5 Å². The molecule has 0 saturated carbocycles. The van der Waals surface area contributed by atoms with Crippen molar-refractivity contribution in [3.63, 3.8) is 0 Å². The molecule has 2 rings (SSSR count). The van der Waals surface area contributed by atoms with Crippen LogP contribution < -0.4 is 5.73 Å². The Kier molecular flexibility index (Phi) is 3.77. The zero-order valence-corrected chi connectivity index (χ0v) is 11.7. The first-order chi connectivity index (χ1) is 8.41. The van der Waals surface area contributed by atoms with Gasteiger partial charge in [0.25, 0.3) is 0 Å². The molecule has 2 N–H and O–H groups in total. The molecule has 0 bridgehead atoms. The Balaban J connectivity index is 2.26. The zero-order valence-electron chi connectivity index (χ0n) is 10.9. The summed E-state index contributed by atoms with van der Waals surface area (Å²) in [5, 5.41) is 0. The molecule has 0 aliphatic carbocycles. The molecule has 6 heteroatoms. The van der Waals surface area contributed by atoms with Crippen molar-refractivity contribution in [1.82, 2.24) is 9.55 Å². The van der Waals surface area contributed by atoms with Crippen LogP contribution in [-0.2, 0) is 9.84 Å². The van der Waals surface area contributed by atoms with E-state index in [1.54, 1.807) is 12.5 Å². The van der Waals surface area contributed by atoms with Gasteiger partial charge in [-0.05, 0) is 18.8 Å². The molecule has 1 aromatic heterocycles. The number of sulfone groups is 1. The molecule has 0 amide bonds. The largest absolute Gasteiger partial charge is 0.329 e. The van der Waals surface area contributed by atoms with Crippen molar-refractivity contribution in [2.75, 3.05) is 11.5 Å². The quantitative estimate of drug-likeness (QED) is 0.898. The van der Waals surface area contributed by atoms with Gasteiger partial charge in [0, 0.05) is 18.3 Å². The molecule has 18 heavy (non-hydrogen) atoms. The van der Waals surface area contributed by atoms with Crippen molar-refractivity contribution in [3.8, 4) is 0 Å². The third-order valence-electron chi connectivity index (χ3n) is 3.59. The second-order valence-electron chi connectivity index (χ2n) is 5.41. The third kappa shape index (κ3) is 2.75. The van der Waals surface area contributed by atoms with E-state index in [9.17, 15) is 8.42 Å². The van der Waals surface area contributed by atoms with Crippen LogP contribution in [0.5, 0.6) is 0 Å². The Labute approximate surface area is 108 Å². The summed E-state index contributed by atoms with van der Waals surface area (Å²) in [5.41, 5.74) is 7.08. The maximum Gasteiger partial charge on any atom is 0.152 e. The van der Waals surface area contributed by atoms with Gasteiger partial charge in [0.2, 0.25) is 0 Å². The Morgan fingerprint density at radius 1 is 1.50 bits per heavy atom. The average molecular weight is 271 g/mol. The summed E-state index contributed by atoms with van der Waals surface area (Å²) in [6.45, 7) is 4.11. The van der Waals surface area contributed by atoms with Crippen LogP contribution in [0.2, 0.25) is 0 Å². The molecular weight excluding hydrogens is 250 g/mol. The second-order valence-corrected chi connectivity index (χ2v) is 7.63. The number of imidazole rings is 1. The predicted molar refractivity (Wildman–Crippen MR) is 70.9 cm³/mol. The van der Waals surface area contributed by atoms with E-state index in [4.69, 9.17) is 5.73 Å². The van der Waals surface area contributed by atoms with E-state index in [1.807, 2.05) is 4.57 Å². The van der Waals surface area contributed by atoms with Crippen LogP contribution >= 0.6 is 0 Å². The zero-order chi connectivity index (χ0) is 13.3. The number of nitrogens with two attached hydrogens (primary N) is 1. The average Bonchev–Trinajstić information content (AvgIpc) is 2.75. The highest BCUT2D eigenvalue weighted by Crippen LogP contribution is 2.28. The lowest BCUT2D eigenvalue weighted by Crippen LogP contribution is -2.30. The first kappa shape index (κ1) is 13.5. The molecule has 0 radical (unpaired) electrons. The molecule has 2 atom stereocenters. The fourth-order valence-electron chi connectivity index (χ4n) is 2.44. The van der Waals surface area contributed by atoms with E-state index in [1.165, 1.54) is 0 Å². The van der Waals surface area contributed by atoms with Crippen molar-refractivity contribution < 1.29 is 8.42 Å². The van der Waals surface area contributed by atoms with Crippen molar-refractivity contribution in [2.24, 2.45) is 11.7 Å². The minimum Gasteiger partial charge on any atom is -0.329 e. The van der Waals surface area contributed by atoms with Crippen molar-refractivity contribution >= 4 is 9.84 Å². The summed E-state index contributed by atoms with van der Waals surface area (Å²) in [7, 11) is -2.91. The number of nitrogens with zero attached hydrogens (tertiary/aromatic N) is 2. The molecule has 1 fully saturated rings. The normalized spacial score (nSPS) is 25.2. The fourth-order valence-corrected chi connectivity index (χ4v) is 4.12. The van der Waals surface area contributed by atoms with Crippen LogP contribution in [0.3, 0.4) is 0 Å². The highest BCUT2D eigenvalue weighted by atomic mass is 32.2. The molecule has 0 spiro atoms. The smallest absolute Gasteiger partial charge is 0.152 e. The lowest BCUT2D eigenvalue weighted by atomic mass is 10.0. The SMILES string of the molecule is CC(C)C(N)c1cncn1C1CCCS(=O)(=O)C1. The fraction of sp³-hybridized carbons (Fsp3) is 0.750. The Bertz CT molecular complexity index is 507. The van der Waals surface area contributed by atoms with Gasteiger partial charge < -0.3 is 10.3 Å². The van der Waals surface area contributed by atoms with Gasteiger partial charge in [-0.25, -0.2) is 13.4 Å². The van der Waals surface area contributed by atoms with Gasteiger partial charge in [-0.3, -0.25) is 0 Å². The standard InChI is InChI=1S/C12H21N3O2S/c1-9(2)12(13)11-6-14-8-15(11)10-4-3-5-18(16,17)7-10/h6,8-10,12H,3-5,7,13H2,1-2H3. The van der Waals surface area contributed by atoms with Crippen LogP contribution in [0.4, 0.5) is 0 Å². The molecule has 2 unspecified atom stereocenters. The van der Waals surface area contributed by atoms with Gasteiger partial charge in [0.05, 0.1) is 23.5 Å². The predicted octanol–water partition coefficient (Wildman–Crippen LogP) is 1.29. The molecule has 1 aromatic rings. The first-order valence-corrected chi connectivity index (χ1v) is 8.20. The van der Waals surface area contributed by atoms with Crippen molar-refractivity contribution in [3.05, 3.63) is 18.2 Å². The van der Waals surface area contributed by atoms with Gasteiger partial charge in [-0.15, -0.1) is 0 Å². The number of hydrogen-bond acceptors (Lipinski definition) is 4. The molecule has 1 aliphatic heterocycles. The highest BCUT2D eigenvalue weighted by molar-refractivity contribution is 7.91. The number of rotatable bonds is 3. The van der Waals surface area contributed by atoms with Gasteiger partial charge in [-0.2, -0.15) is 0 Å². The molecule has 1 saturated heterocycles. The van der Waals surface area contributed by atoms with Crippen LogP contribution in [0, 0.1) is 5.92 Å². The molecular formula is C12H21N3O2S. The summed E-state index contributed by atoms with van der Waals surface area (Å²) in [6, 6.07) is -0.108. The van der Waals surface area contributed by atoms with Crippen LogP contribution in [0.25, 0.3) is 0 Å². The van der Waals surface area contributed by atoms with Crippen LogP contribution in [0.15, 0.2) is 12.5 Å². The van der Waals surface area contributed by atoms with E-state index in [0.29, 0.717) is 11.7 Å². The van der Waals surface area contributed by atoms with E-state index < -0.39 is 9.84 Å². The Morgan fingerprint density at radius 3 is 2.83 bits per heavy atom. The Morgan fingerprint density at radius 2 is 2.22 bits per heavy atom. The highest BCUT2D eigenvalue weighted by Gasteiger charge is 2.28. The van der Waals surface area contributed by atoms with Gasteiger partial charge >= 0.3 is 0 Å². The summed E-state index contributed by atoms with van der Waals surface area (Å²) >= 11 is 0. The minimum atomic E-state index is -2.91.